The van der Waals surface area contributed by atoms with Crippen molar-refractivity contribution in [3.05, 3.63) is 228 Å². The fraction of sp³-hybridized carbons (Fsp3) is 0.114. The minimum Gasteiger partial charge on any atom is -0.456 e. The van der Waals surface area contributed by atoms with Crippen molar-refractivity contribution in [1.82, 2.24) is 0 Å². The number of thiophene rings is 2. The molecule has 0 aliphatic rings. The van der Waals surface area contributed by atoms with E-state index in [0.717, 1.165) is 88.8 Å². The summed E-state index contributed by atoms with van der Waals surface area (Å²) in [5, 5.41) is 13.4. The van der Waals surface area contributed by atoms with Crippen molar-refractivity contribution in [3.63, 3.8) is 0 Å². The maximum Gasteiger partial charge on any atom is 0.137 e. The van der Waals surface area contributed by atoms with Gasteiger partial charge in [-0.3, -0.25) is 0 Å². The van der Waals surface area contributed by atoms with Gasteiger partial charge in [0.2, 0.25) is 0 Å². The van der Waals surface area contributed by atoms with Crippen LogP contribution in [-0.4, -0.2) is 0 Å². The second-order valence-electron chi connectivity index (χ2n) is 22.2. The number of hydrogen-bond donors (Lipinski definition) is 0. The molecule has 0 saturated heterocycles. The first-order valence-electron chi connectivity index (χ1n) is 26.1. The van der Waals surface area contributed by atoms with E-state index in [1.165, 1.54) is 53.6 Å². The first-order valence-corrected chi connectivity index (χ1v) is 27.9. The third-order valence-electron chi connectivity index (χ3n) is 15.3. The average Bonchev–Trinajstić information content (AvgIpc) is 4.33. The molecule has 0 aliphatic carbocycles. The van der Waals surface area contributed by atoms with Crippen LogP contribution in [0.5, 0.6) is 0 Å². The Morgan fingerprint density at radius 2 is 0.711 bits per heavy atom. The van der Waals surface area contributed by atoms with Crippen LogP contribution >= 0.6 is 22.7 Å². The van der Waals surface area contributed by atoms with E-state index in [1.807, 2.05) is 0 Å². The molecule has 0 saturated carbocycles. The highest BCUT2D eigenvalue weighted by Crippen LogP contribution is 2.49. The highest BCUT2D eigenvalue weighted by molar-refractivity contribution is 7.17. The van der Waals surface area contributed by atoms with E-state index in [1.54, 1.807) is 22.7 Å². The number of hydrogen-bond acceptors (Lipinski definition) is 6. The molecule has 0 N–H and O–H groups in total. The average molecular weight is 1020 g/mol. The largest absolute Gasteiger partial charge is 0.456 e. The number of anilines is 6. The smallest absolute Gasteiger partial charge is 0.137 e. The number of fused-ring (bicyclic) bond motifs is 9. The molecule has 0 bridgehead atoms. The second kappa shape index (κ2) is 17.6. The molecule has 4 nitrogen and oxygen atoms in total. The van der Waals surface area contributed by atoms with Gasteiger partial charge in [-0.2, -0.15) is 0 Å². The van der Waals surface area contributed by atoms with Gasteiger partial charge < -0.3 is 18.6 Å². The molecule has 10 aromatic carbocycles. The molecule has 0 unspecified atom stereocenters. The Kier molecular flexibility index (Phi) is 10.7. The fourth-order valence-corrected chi connectivity index (χ4v) is 13.0. The summed E-state index contributed by atoms with van der Waals surface area (Å²) in [4.78, 5) is 4.79. The Morgan fingerprint density at radius 3 is 1.11 bits per heavy atom. The molecular formula is C70H54N2O2S2. The van der Waals surface area contributed by atoms with Crippen LogP contribution in [0.25, 0.3) is 97.1 Å². The Balaban J connectivity index is 0.887. The van der Waals surface area contributed by atoms with Gasteiger partial charge >= 0.3 is 0 Å². The first kappa shape index (κ1) is 46.1. The highest BCUT2D eigenvalue weighted by Gasteiger charge is 2.25. The Labute approximate surface area is 450 Å². The van der Waals surface area contributed by atoms with E-state index in [-0.39, 0.29) is 10.8 Å². The van der Waals surface area contributed by atoms with E-state index >= 15 is 0 Å². The zero-order chi connectivity index (χ0) is 51.5. The highest BCUT2D eigenvalue weighted by atomic mass is 32.1. The van der Waals surface area contributed by atoms with E-state index in [2.05, 4.69) is 268 Å². The minimum atomic E-state index is 0.0276. The molecule has 0 spiro atoms. The summed E-state index contributed by atoms with van der Waals surface area (Å²) in [6.45, 7) is 13.6. The lowest BCUT2D eigenvalue weighted by molar-refractivity contribution is 0.590. The van der Waals surface area contributed by atoms with E-state index in [0.29, 0.717) is 0 Å². The van der Waals surface area contributed by atoms with Crippen LogP contribution in [0, 0.1) is 0 Å². The lowest BCUT2D eigenvalue weighted by atomic mass is 9.87. The van der Waals surface area contributed by atoms with Crippen molar-refractivity contribution in [3.8, 4) is 22.3 Å². The van der Waals surface area contributed by atoms with Crippen LogP contribution in [0.3, 0.4) is 0 Å². The predicted octanol–water partition coefficient (Wildman–Crippen LogP) is 21.9. The number of rotatable bonds is 8. The summed E-state index contributed by atoms with van der Waals surface area (Å²) in [6.07, 6.45) is 0. The topological polar surface area (TPSA) is 32.8 Å². The summed E-state index contributed by atoms with van der Waals surface area (Å²) in [5.41, 5.74) is 17.3. The number of nitrogens with zero attached hydrogens (tertiary/aromatic N) is 2. The molecule has 76 heavy (non-hydrogen) atoms. The van der Waals surface area contributed by atoms with Crippen molar-refractivity contribution in [2.75, 3.05) is 9.80 Å². The van der Waals surface area contributed by atoms with Crippen LogP contribution in [-0.2, 0) is 10.8 Å². The van der Waals surface area contributed by atoms with Gasteiger partial charge in [-0.15, -0.1) is 22.7 Å². The van der Waals surface area contributed by atoms with Gasteiger partial charge in [0.25, 0.3) is 0 Å². The molecule has 368 valence electrons. The van der Waals surface area contributed by atoms with Crippen LogP contribution in [0.4, 0.5) is 34.1 Å². The maximum absolute atomic E-state index is 6.90. The van der Waals surface area contributed by atoms with Gasteiger partial charge in [-0.1, -0.05) is 126 Å². The van der Waals surface area contributed by atoms with Crippen molar-refractivity contribution in [2.45, 2.75) is 52.4 Å². The van der Waals surface area contributed by atoms with Gasteiger partial charge in [0.15, 0.2) is 0 Å². The molecule has 0 fully saturated rings. The van der Waals surface area contributed by atoms with Gasteiger partial charge in [0.05, 0.1) is 11.4 Å². The molecule has 4 aromatic heterocycles. The molecule has 0 radical (unpaired) electrons. The van der Waals surface area contributed by atoms with Crippen LogP contribution in [0.2, 0.25) is 0 Å². The van der Waals surface area contributed by atoms with Gasteiger partial charge in [0.1, 0.15) is 22.3 Å². The minimum absolute atomic E-state index is 0.0276. The quantitative estimate of drug-likeness (QED) is 0.152. The summed E-state index contributed by atoms with van der Waals surface area (Å²) in [5.74, 6) is 0. The lowest BCUT2D eigenvalue weighted by Crippen LogP contribution is -2.13. The van der Waals surface area contributed by atoms with E-state index in [9.17, 15) is 0 Å². The van der Waals surface area contributed by atoms with Crippen LogP contribution in [0.1, 0.15) is 52.7 Å². The molecular weight excluding hydrogens is 965 g/mol. The molecule has 0 aliphatic heterocycles. The molecule has 0 amide bonds. The summed E-state index contributed by atoms with van der Waals surface area (Å²) in [6, 6.07) is 75.6. The SMILES string of the molecule is CC(C)(C)c1ccc(N(c2ccc3c(c2)oc2cc4cc5c(cc4cc23)oc2cc(N(c3ccc(C(C)(C)C)cc3)c3ccc4sccc4c3-c3ccccc3)ccc25)c2ccc3sccc3c2-c2ccccc2)cc1. The first-order chi connectivity index (χ1) is 36.9. The standard InChI is InChI=1S/C70H54N2O2S2/c1-69(2,3)47-17-21-49(22-18-47)71(59-29-31-65-55(33-35-75-65)67(59)43-13-9-7-10-14-43)51-25-27-53-57-37-45-40-62-58(38-46(45)39-61(57)73-63(53)41-51)54-28-26-52(42-64(54)74-62)72(50-23-19-48(20-24-50)70(4,5)6)60-30-32-66-56(34-36-76-66)68(60)44-15-11-8-12-16-44/h7-42H,1-6H3. The number of benzene rings is 10. The zero-order valence-electron chi connectivity index (χ0n) is 43.3. The summed E-state index contributed by atoms with van der Waals surface area (Å²) in [7, 11) is 0. The monoisotopic (exact) mass is 1020 g/mol. The van der Waals surface area contributed by atoms with Gasteiger partial charge in [-0.25, -0.2) is 0 Å². The van der Waals surface area contributed by atoms with Crippen LogP contribution < -0.4 is 9.80 Å². The molecule has 14 aromatic rings. The molecule has 6 heteroatoms. The second-order valence-corrected chi connectivity index (χ2v) is 24.1. The molecule has 4 heterocycles. The lowest BCUT2D eigenvalue weighted by Gasteiger charge is -2.29. The maximum atomic E-state index is 6.90. The Bertz CT molecular complexity index is 4240. The van der Waals surface area contributed by atoms with Gasteiger partial charge in [-0.05, 0) is 164 Å². The van der Waals surface area contributed by atoms with Crippen molar-refractivity contribution < 1.29 is 8.83 Å². The Hall–Kier alpha value is -8.42. The Morgan fingerprint density at radius 1 is 0.329 bits per heavy atom. The van der Waals surface area contributed by atoms with E-state index in [4.69, 9.17) is 8.83 Å². The summed E-state index contributed by atoms with van der Waals surface area (Å²) < 4.78 is 16.3. The van der Waals surface area contributed by atoms with Crippen molar-refractivity contribution in [2.24, 2.45) is 0 Å². The summed E-state index contributed by atoms with van der Waals surface area (Å²) >= 11 is 3.56. The van der Waals surface area contributed by atoms with Crippen molar-refractivity contribution in [1.29, 1.82) is 0 Å². The fourth-order valence-electron chi connectivity index (χ4n) is 11.4. The molecule has 0 atom stereocenters. The zero-order valence-corrected chi connectivity index (χ0v) is 44.9. The third-order valence-corrected chi connectivity index (χ3v) is 17.1. The van der Waals surface area contributed by atoms with Crippen LogP contribution in [0.15, 0.2) is 226 Å². The normalized spacial score (nSPS) is 12.3. The predicted molar refractivity (Wildman–Crippen MR) is 327 cm³/mol. The van der Waals surface area contributed by atoms with E-state index < -0.39 is 0 Å². The number of furan rings is 2. The molecule has 14 rings (SSSR count). The third kappa shape index (κ3) is 7.77. The van der Waals surface area contributed by atoms with Gasteiger partial charge in [0, 0.05) is 87.7 Å². The van der Waals surface area contributed by atoms with Crippen molar-refractivity contribution >= 4 is 132 Å².